The van der Waals surface area contributed by atoms with E-state index in [1.165, 1.54) is 0 Å². The fourth-order valence-corrected chi connectivity index (χ4v) is 4.27. The third kappa shape index (κ3) is 3.82. The van der Waals surface area contributed by atoms with Crippen molar-refractivity contribution in [3.05, 3.63) is 28.2 Å². The molecule has 6 nitrogen and oxygen atoms in total. The van der Waals surface area contributed by atoms with Crippen molar-refractivity contribution in [1.82, 2.24) is 4.72 Å². The van der Waals surface area contributed by atoms with E-state index in [1.807, 2.05) is 0 Å². The fourth-order valence-electron chi connectivity index (χ4n) is 2.15. The van der Waals surface area contributed by atoms with Crippen LogP contribution >= 0.6 is 15.9 Å². The molecule has 1 aromatic carbocycles. The number of sulfonamides is 1. The van der Waals surface area contributed by atoms with Gasteiger partial charge in [0.2, 0.25) is 10.0 Å². The van der Waals surface area contributed by atoms with E-state index in [1.54, 1.807) is 25.3 Å². The number of methoxy groups -OCH3 is 1. The number of rotatable bonds is 6. The lowest BCUT2D eigenvalue weighted by molar-refractivity contribution is -0.0120. The van der Waals surface area contributed by atoms with Crippen molar-refractivity contribution in [1.29, 1.82) is 0 Å². The van der Waals surface area contributed by atoms with Crippen molar-refractivity contribution in [3.63, 3.8) is 0 Å². The van der Waals surface area contributed by atoms with E-state index in [-0.39, 0.29) is 18.0 Å². The first-order valence-corrected chi connectivity index (χ1v) is 8.81. The van der Waals surface area contributed by atoms with Crippen LogP contribution in [0.1, 0.15) is 12.0 Å². The van der Waals surface area contributed by atoms with E-state index >= 15 is 0 Å². The Hall–Kier alpha value is -0.510. The summed E-state index contributed by atoms with van der Waals surface area (Å²) < 4.78 is 38.7. The van der Waals surface area contributed by atoms with Gasteiger partial charge in [0.15, 0.2) is 0 Å². The standard InChI is InChI=1S/C13H19BrN2O4S/c1-19-13(4-5-20-9-13)8-16-21(17,18)12-6-10(7-15)2-3-11(12)14/h2-3,6,16H,4-5,7-9,15H2,1H3. The van der Waals surface area contributed by atoms with E-state index in [0.29, 0.717) is 24.1 Å². The lowest BCUT2D eigenvalue weighted by atomic mass is 10.0. The molecule has 1 aliphatic rings. The van der Waals surface area contributed by atoms with Gasteiger partial charge < -0.3 is 15.2 Å². The van der Waals surface area contributed by atoms with Crippen molar-refractivity contribution in [3.8, 4) is 0 Å². The predicted molar refractivity (Wildman–Crippen MR) is 82.4 cm³/mol. The molecular formula is C13H19BrN2O4S. The van der Waals surface area contributed by atoms with Crippen LogP contribution in [0.5, 0.6) is 0 Å². The van der Waals surface area contributed by atoms with Crippen molar-refractivity contribution in [2.45, 2.75) is 23.5 Å². The number of hydrogen-bond donors (Lipinski definition) is 2. The summed E-state index contributed by atoms with van der Waals surface area (Å²) >= 11 is 3.26. The predicted octanol–water partition coefficient (Wildman–Crippen LogP) is 0.992. The molecule has 1 unspecified atom stereocenters. The molecule has 1 atom stereocenters. The third-order valence-corrected chi connectivity index (χ3v) is 6.00. The SMILES string of the molecule is COC1(CNS(=O)(=O)c2cc(CN)ccc2Br)CCOC1. The molecule has 8 heteroatoms. The van der Waals surface area contributed by atoms with E-state index in [9.17, 15) is 8.42 Å². The first kappa shape index (κ1) is 16.9. The number of benzene rings is 1. The summed E-state index contributed by atoms with van der Waals surface area (Å²) in [5, 5.41) is 0. The van der Waals surface area contributed by atoms with Crippen LogP contribution in [0.2, 0.25) is 0 Å². The summed E-state index contributed by atoms with van der Waals surface area (Å²) in [5.41, 5.74) is 5.72. The van der Waals surface area contributed by atoms with Crippen molar-refractivity contribution in [2.24, 2.45) is 5.73 Å². The van der Waals surface area contributed by atoms with E-state index in [2.05, 4.69) is 20.7 Å². The van der Waals surface area contributed by atoms with Gasteiger partial charge in [-0.3, -0.25) is 0 Å². The summed E-state index contributed by atoms with van der Waals surface area (Å²) in [4.78, 5) is 0.176. The zero-order chi connectivity index (χ0) is 15.5. The Kier molecular flexibility index (Phi) is 5.39. The van der Waals surface area contributed by atoms with Crippen LogP contribution in [0.25, 0.3) is 0 Å². The minimum Gasteiger partial charge on any atom is -0.378 e. The molecule has 3 N–H and O–H groups in total. The Labute approximate surface area is 133 Å². The van der Waals surface area contributed by atoms with Gasteiger partial charge in [-0.05, 0) is 33.6 Å². The molecule has 118 valence electrons. The number of hydrogen-bond acceptors (Lipinski definition) is 5. The third-order valence-electron chi connectivity index (χ3n) is 3.61. The molecule has 0 aromatic heterocycles. The summed E-state index contributed by atoms with van der Waals surface area (Å²) in [7, 11) is -2.08. The summed E-state index contributed by atoms with van der Waals surface area (Å²) in [6, 6.07) is 5.03. The average molecular weight is 379 g/mol. The van der Waals surface area contributed by atoms with Crippen molar-refractivity contribution >= 4 is 26.0 Å². The van der Waals surface area contributed by atoms with Gasteiger partial charge in [0.1, 0.15) is 5.60 Å². The van der Waals surface area contributed by atoms with Gasteiger partial charge in [-0.1, -0.05) is 6.07 Å². The molecule has 1 heterocycles. The lowest BCUT2D eigenvalue weighted by Crippen LogP contribution is -2.45. The van der Waals surface area contributed by atoms with Crippen molar-refractivity contribution < 1.29 is 17.9 Å². The first-order valence-electron chi connectivity index (χ1n) is 6.53. The van der Waals surface area contributed by atoms with Gasteiger partial charge in [0, 0.05) is 37.7 Å². The molecular weight excluding hydrogens is 360 g/mol. The summed E-state index contributed by atoms with van der Waals surface area (Å²) in [5.74, 6) is 0. The zero-order valence-corrected chi connectivity index (χ0v) is 14.2. The molecule has 0 radical (unpaired) electrons. The number of nitrogens with two attached hydrogens (primary N) is 1. The highest BCUT2D eigenvalue weighted by Crippen LogP contribution is 2.25. The van der Waals surface area contributed by atoms with Crippen LogP contribution < -0.4 is 10.5 Å². The molecule has 0 bridgehead atoms. The number of halogens is 1. The number of ether oxygens (including phenoxy) is 2. The molecule has 0 aliphatic carbocycles. The molecule has 1 aliphatic heterocycles. The average Bonchev–Trinajstić information content (AvgIpc) is 2.95. The minimum atomic E-state index is -3.65. The monoisotopic (exact) mass is 378 g/mol. The van der Waals surface area contributed by atoms with E-state index in [0.717, 1.165) is 5.56 Å². The molecule has 2 rings (SSSR count). The van der Waals surface area contributed by atoms with Gasteiger partial charge in [-0.2, -0.15) is 0 Å². The van der Waals surface area contributed by atoms with Gasteiger partial charge in [-0.15, -0.1) is 0 Å². The highest BCUT2D eigenvalue weighted by Gasteiger charge is 2.36. The smallest absolute Gasteiger partial charge is 0.241 e. The minimum absolute atomic E-state index is 0.172. The van der Waals surface area contributed by atoms with Crippen LogP contribution in [0, 0.1) is 0 Å². The van der Waals surface area contributed by atoms with E-state index in [4.69, 9.17) is 15.2 Å². The van der Waals surface area contributed by atoms with Gasteiger partial charge >= 0.3 is 0 Å². The second-order valence-corrected chi connectivity index (χ2v) is 7.57. The maximum atomic E-state index is 12.5. The molecule has 0 saturated carbocycles. The Morgan fingerprint density at radius 2 is 2.29 bits per heavy atom. The maximum absolute atomic E-state index is 12.5. The van der Waals surface area contributed by atoms with Crippen LogP contribution in [0.15, 0.2) is 27.6 Å². The Bertz CT molecular complexity index is 600. The molecule has 21 heavy (non-hydrogen) atoms. The summed E-state index contributed by atoms with van der Waals surface area (Å²) in [6.45, 7) is 1.41. The Morgan fingerprint density at radius 3 is 2.86 bits per heavy atom. The summed E-state index contributed by atoms with van der Waals surface area (Å²) in [6.07, 6.45) is 0.663. The quantitative estimate of drug-likeness (QED) is 0.770. The molecule has 1 fully saturated rings. The Morgan fingerprint density at radius 1 is 1.52 bits per heavy atom. The second-order valence-electron chi connectivity index (χ2n) is 4.98. The van der Waals surface area contributed by atoms with Crippen molar-refractivity contribution in [2.75, 3.05) is 26.9 Å². The van der Waals surface area contributed by atoms with Crippen LogP contribution in [0.4, 0.5) is 0 Å². The Balaban J connectivity index is 2.18. The second kappa shape index (κ2) is 6.72. The molecule has 1 saturated heterocycles. The largest absolute Gasteiger partial charge is 0.378 e. The fraction of sp³-hybridized carbons (Fsp3) is 0.538. The highest BCUT2D eigenvalue weighted by molar-refractivity contribution is 9.10. The van der Waals surface area contributed by atoms with Crippen LogP contribution in [0.3, 0.4) is 0 Å². The molecule has 1 aromatic rings. The maximum Gasteiger partial charge on any atom is 0.241 e. The lowest BCUT2D eigenvalue weighted by Gasteiger charge is -2.26. The molecule has 0 amide bonds. The normalized spacial score (nSPS) is 22.6. The first-order chi connectivity index (χ1) is 9.92. The highest BCUT2D eigenvalue weighted by atomic mass is 79.9. The van der Waals surface area contributed by atoms with Gasteiger partial charge in [-0.25, -0.2) is 13.1 Å². The van der Waals surface area contributed by atoms with Crippen LogP contribution in [-0.2, 0) is 26.0 Å². The van der Waals surface area contributed by atoms with Gasteiger partial charge in [0.05, 0.1) is 11.5 Å². The van der Waals surface area contributed by atoms with Crippen LogP contribution in [-0.4, -0.2) is 40.9 Å². The van der Waals surface area contributed by atoms with E-state index < -0.39 is 15.6 Å². The number of nitrogens with one attached hydrogen (secondary N) is 1. The topological polar surface area (TPSA) is 90.7 Å². The van der Waals surface area contributed by atoms with Gasteiger partial charge in [0.25, 0.3) is 0 Å². The zero-order valence-electron chi connectivity index (χ0n) is 11.8. The molecule has 0 spiro atoms.